The van der Waals surface area contributed by atoms with Crippen LogP contribution in [-0.2, 0) is 19.3 Å². The monoisotopic (exact) mass is 418 g/mol. The van der Waals surface area contributed by atoms with Crippen molar-refractivity contribution >= 4 is 32.7 Å². The van der Waals surface area contributed by atoms with Gasteiger partial charge in [0, 0.05) is 31.7 Å². The van der Waals surface area contributed by atoms with Gasteiger partial charge in [0.1, 0.15) is 17.4 Å². The summed E-state index contributed by atoms with van der Waals surface area (Å²) in [6.07, 6.45) is 5.79. The lowest BCUT2D eigenvalue weighted by molar-refractivity contribution is 0.0594. The van der Waals surface area contributed by atoms with E-state index in [1.165, 1.54) is 19.5 Å². The van der Waals surface area contributed by atoms with Gasteiger partial charge in [-0.3, -0.25) is 4.57 Å². The third kappa shape index (κ3) is 3.63. The zero-order valence-corrected chi connectivity index (χ0v) is 16.6. The Bertz CT molecular complexity index is 1170. The van der Waals surface area contributed by atoms with Crippen molar-refractivity contribution < 1.29 is 22.7 Å². The van der Waals surface area contributed by atoms with Crippen LogP contribution in [0.1, 0.15) is 10.5 Å². The minimum Gasteiger partial charge on any atom is -0.464 e. The predicted octanol–water partition coefficient (Wildman–Crippen LogP) is 0.237. The second-order valence-corrected chi connectivity index (χ2v) is 8.37. The van der Waals surface area contributed by atoms with Crippen molar-refractivity contribution in [3.05, 3.63) is 30.5 Å². The van der Waals surface area contributed by atoms with Crippen LogP contribution in [0.2, 0.25) is 0 Å². The number of hydrogen-bond donors (Lipinski definition) is 0. The van der Waals surface area contributed by atoms with Gasteiger partial charge in [0.15, 0.2) is 21.3 Å². The minimum absolute atomic E-state index is 0.124. The lowest BCUT2D eigenvalue weighted by Gasteiger charge is -2.28. The molecule has 0 amide bonds. The molecule has 0 aromatic carbocycles. The Hall–Kier alpha value is -3.12. The third-order valence-corrected chi connectivity index (χ3v) is 5.54. The molecule has 3 aromatic rings. The summed E-state index contributed by atoms with van der Waals surface area (Å²) in [5, 5.41) is 0. The topological polar surface area (TPSA) is 129 Å². The van der Waals surface area contributed by atoms with Gasteiger partial charge in [0.2, 0.25) is 5.95 Å². The zero-order valence-electron chi connectivity index (χ0n) is 15.8. The van der Waals surface area contributed by atoms with Crippen LogP contribution in [0.15, 0.2) is 29.7 Å². The molecular weight excluding hydrogens is 400 g/mol. The molecule has 0 radical (unpaired) electrons. The molecule has 152 valence electrons. The molecule has 0 bridgehead atoms. The first-order valence-corrected chi connectivity index (χ1v) is 10.6. The Morgan fingerprint density at radius 1 is 1.17 bits per heavy atom. The van der Waals surface area contributed by atoms with E-state index >= 15 is 0 Å². The van der Waals surface area contributed by atoms with Crippen molar-refractivity contribution in [1.82, 2.24) is 24.5 Å². The number of aromatic nitrogens is 5. The van der Waals surface area contributed by atoms with E-state index in [0.717, 1.165) is 6.26 Å². The van der Waals surface area contributed by atoms with E-state index in [2.05, 4.69) is 19.9 Å². The second-order valence-electron chi connectivity index (χ2n) is 6.38. The summed E-state index contributed by atoms with van der Waals surface area (Å²) in [5.41, 5.74) is 0.202. The van der Waals surface area contributed by atoms with Crippen LogP contribution in [0, 0.1) is 0 Å². The van der Waals surface area contributed by atoms with Crippen LogP contribution in [0.3, 0.4) is 0 Å². The number of nitrogens with zero attached hydrogens (tertiary/aromatic N) is 6. The van der Waals surface area contributed by atoms with Crippen molar-refractivity contribution in [2.45, 2.75) is 4.90 Å². The molecule has 0 unspecified atom stereocenters. The minimum atomic E-state index is -3.73. The van der Waals surface area contributed by atoms with Gasteiger partial charge in [0.25, 0.3) is 0 Å². The van der Waals surface area contributed by atoms with Crippen LogP contribution in [0.25, 0.3) is 17.0 Å². The summed E-state index contributed by atoms with van der Waals surface area (Å²) >= 11 is 0. The molecule has 0 N–H and O–H groups in total. The summed E-state index contributed by atoms with van der Waals surface area (Å²) in [6.45, 7) is 2.05. The highest BCUT2D eigenvalue weighted by molar-refractivity contribution is 7.91. The quantitative estimate of drug-likeness (QED) is 0.543. The van der Waals surface area contributed by atoms with Crippen LogP contribution in [0.4, 0.5) is 5.82 Å². The Balaban J connectivity index is 2.07. The first-order chi connectivity index (χ1) is 13.9. The van der Waals surface area contributed by atoms with Gasteiger partial charge in [-0.05, 0) is 6.07 Å². The number of methoxy groups -OCH3 is 1. The fourth-order valence-electron chi connectivity index (χ4n) is 3.03. The SMILES string of the molecule is COC(=O)c1cc(S(C)(=O)=O)c2nc(-n3ccnc3)nc(N3CCOCC3)c2n1. The van der Waals surface area contributed by atoms with Crippen molar-refractivity contribution in [1.29, 1.82) is 0 Å². The van der Waals surface area contributed by atoms with E-state index < -0.39 is 15.8 Å². The Labute approximate surface area is 166 Å². The molecule has 0 atom stereocenters. The maximum Gasteiger partial charge on any atom is 0.356 e. The normalized spacial score (nSPS) is 14.9. The number of anilines is 1. The van der Waals surface area contributed by atoms with E-state index in [-0.39, 0.29) is 27.6 Å². The summed E-state index contributed by atoms with van der Waals surface area (Å²) < 4.78 is 36.7. The molecule has 1 aliphatic heterocycles. The number of ether oxygens (including phenoxy) is 2. The number of esters is 1. The number of pyridine rings is 1. The van der Waals surface area contributed by atoms with Crippen molar-refractivity contribution in [3.8, 4) is 5.95 Å². The van der Waals surface area contributed by atoms with Crippen LogP contribution >= 0.6 is 0 Å². The average molecular weight is 418 g/mol. The molecule has 12 heteroatoms. The van der Waals surface area contributed by atoms with Crippen molar-refractivity contribution in [3.63, 3.8) is 0 Å². The Morgan fingerprint density at radius 3 is 2.55 bits per heavy atom. The van der Waals surface area contributed by atoms with Crippen LogP contribution < -0.4 is 4.90 Å². The van der Waals surface area contributed by atoms with Gasteiger partial charge >= 0.3 is 5.97 Å². The number of hydrogen-bond acceptors (Lipinski definition) is 10. The molecule has 0 saturated carbocycles. The van der Waals surface area contributed by atoms with Crippen LogP contribution in [0.5, 0.6) is 0 Å². The largest absolute Gasteiger partial charge is 0.464 e. The average Bonchev–Trinajstić information content (AvgIpc) is 3.26. The molecule has 29 heavy (non-hydrogen) atoms. The second kappa shape index (κ2) is 7.37. The molecule has 1 fully saturated rings. The fraction of sp³-hybridized carbons (Fsp3) is 0.353. The molecule has 1 saturated heterocycles. The number of fused-ring (bicyclic) bond motifs is 1. The number of carbonyl (C=O) groups excluding carboxylic acids is 1. The lowest BCUT2D eigenvalue weighted by Crippen LogP contribution is -2.37. The van der Waals surface area contributed by atoms with Gasteiger partial charge in [-0.2, -0.15) is 4.98 Å². The molecule has 0 spiro atoms. The van der Waals surface area contributed by atoms with Gasteiger partial charge in [-0.15, -0.1) is 0 Å². The molecule has 4 heterocycles. The molecule has 1 aliphatic rings. The number of rotatable bonds is 4. The maximum atomic E-state index is 12.5. The van der Waals surface area contributed by atoms with E-state index in [4.69, 9.17) is 9.47 Å². The fourth-order valence-corrected chi connectivity index (χ4v) is 3.85. The van der Waals surface area contributed by atoms with Gasteiger partial charge < -0.3 is 14.4 Å². The first kappa shape index (κ1) is 19.2. The highest BCUT2D eigenvalue weighted by atomic mass is 32.2. The van der Waals surface area contributed by atoms with Gasteiger partial charge in [0.05, 0.1) is 25.2 Å². The summed E-state index contributed by atoms with van der Waals surface area (Å²) in [5.74, 6) is -0.0879. The van der Waals surface area contributed by atoms with E-state index in [0.29, 0.717) is 32.1 Å². The first-order valence-electron chi connectivity index (χ1n) is 8.70. The highest BCUT2D eigenvalue weighted by Crippen LogP contribution is 2.29. The molecular formula is C17H18N6O5S. The van der Waals surface area contributed by atoms with E-state index in [1.54, 1.807) is 17.0 Å². The Morgan fingerprint density at radius 2 is 1.93 bits per heavy atom. The number of carbonyl (C=O) groups is 1. The van der Waals surface area contributed by atoms with Gasteiger partial charge in [-0.25, -0.2) is 28.2 Å². The molecule has 11 nitrogen and oxygen atoms in total. The standard InChI is InChI=1S/C17H18N6O5S/c1-27-16(24)11-9-12(29(2,25)26)13-14(19-11)15(22-5-7-28-8-6-22)21-17(20-13)23-4-3-18-10-23/h3-4,9-10H,5-8H2,1-2H3. The van der Waals surface area contributed by atoms with Gasteiger partial charge in [-0.1, -0.05) is 0 Å². The molecule has 3 aromatic heterocycles. The number of morpholine rings is 1. The predicted molar refractivity (Wildman–Crippen MR) is 102 cm³/mol. The summed E-state index contributed by atoms with van der Waals surface area (Å²) in [7, 11) is -2.53. The zero-order chi connectivity index (χ0) is 20.6. The Kier molecular flexibility index (Phi) is 4.88. The smallest absolute Gasteiger partial charge is 0.356 e. The van der Waals surface area contributed by atoms with Crippen molar-refractivity contribution in [2.75, 3.05) is 44.6 Å². The summed E-state index contributed by atoms with van der Waals surface area (Å²) in [6, 6.07) is 1.18. The number of imidazole rings is 1. The summed E-state index contributed by atoms with van der Waals surface area (Å²) in [4.78, 5) is 31.3. The maximum absolute atomic E-state index is 12.5. The molecule has 0 aliphatic carbocycles. The highest BCUT2D eigenvalue weighted by Gasteiger charge is 2.26. The number of sulfone groups is 1. The van der Waals surface area contributed by atoms with E-state index in [9.17, 15) is 13.2 Å². The van der Waals surface area contributed by atoms with E-state index in [1.807, 2.05) is 4.90 Å². The third-order valence-electron chi connectivity index (χ3n) is 4.43. The lowest BCUT2D eigenvalue weighted by atomic mass is 10.2. The van der Waals surface area contributed by atoms with Crippen molar-refractivity contribution in [2.24, 2.45) is 0 Å². The van der Waals surface area contributed by atoms with Crippen LogP contribution in [-0.4, -0.2) is 78.6 Å². The molecule has 4 rings (SSSR count).